The highest BCUT2D eigenvalue weighted by Gasteiger charge is 2.17. The lowest BCUT2D eigenvalue weighted by atomic mass is 10.2. The molecule has 0 radical (unpaired) electrons. The predicted molar refractivity (Wildman–Crippen MR) is 71.7 cm³/mol. The molecule has 1 heterocycles. The molecule has 21 heavy (non-hydrogen) atoms. The van der Waals surface area contributed by atoms with Gasteiger partial charge in [-0.15, -0.1) is 0 Å². The molecule has 7 heteroatoms. The number of oxazole rings is 1. The van der Waals surface area contributed by atoms with E-state index in [1.807, 2.05) is 0 Å². The molecule has 0 saturated carbocycles. The number of hydrogen-bond donors (Lipinski definition) is 1. The molecule has 110 valence electrons. The highest BCUT2D eigenvalue weighted by molar-refractivity contribution is 6.03. The highest BCUT2D eigenvalue weighted by atomic mass is 19.1. The quantitative estimate of drug-likeness (QED) is 0.879. The van der Waals surface area contributed by atoms with Crippen LogP contribution in [-0.4, -0.2) is 24.0 Å². The van der Waals surface area contributed by atoms with Crippen molar-refractivity contribution in [1.82, 2.24) is 4.98 Å². The third-order valence-corrected chi connectivity index (χ3v) is 2.74. The number of benzene rings is 1. The van der Waals surface area contributed by atoms with Gasteiger partial charge in [0.1, 0.15) is 5.82 Å². The van der Waals surface area contributed by atoms with Crippen LogP contribution < -0.4 is 5.32 Å². The van der Waals surface area contributed by atoms with Gasteiger partial charge in [0.25, 0.3) is 5.91 Å². The number of aryl methyl sites for hydroxylation is 2. The number of esters is 1. The van der Waals surface area contributed by atoms with Gasteiger partial charge in [-0.05, 0) is 25.1 Å². The summed E-state index contributed by atoms with van der Waals surface area (Å²) in [6, 6.07) is 3.66. The van der Waals surface area contributed by atoms with E-state index in [-0.39, 0.29) is 17.0 Å². The topological polar surface area (TPSA) is 81.4 Å². The molecule has 0 unspecified atom stereocenters. The van der Waals surface area contributed by atoms with Crippen LogP contribution in [-0.2, 0) is 4.74 Å². The summed E-state index contributed by atoms with van der Waals surface area (Å²) in [7, 11) is 1.16. The van der Waals surface area contributed by atoms with E-state index in [0.29, 0.717) is 11.6 Å². The van der Waals surface area contributed by atoms with Crippen molar-refractivity contribution in [3.05, 3.63) is 46.9 Å². The van der Waals surface area contributed by atoms with Gasteiger partial charge in [-0.2, -0.15) is 0 Å². The fourth-order valence-corrected chi connectivity index (χ4v) is 1.80. The minimum atomic E-state index is -0.787. The Balaban J connectivity index is 2.20. The van der Waals surface area contributed by atoms with Crippen molar-refractivity contribution in [1.29, 1.82) is 0 Å². The van der Waals surface area contributed by atoms with Gasteiger partial charge in [0.05, 0.1) is 18.4 Å². The van der Waals surface area contributed by atoms with Gasteiger partial charge in [0.2, 0.25) is 5.76 Å². The zero-order valence-electron chi connectivity index (χ0n) is 11.7. The largest absolute Gasteiger partial charge is 0.465 e. The minimum absolute atomic E-state index is 0.0601. The summed E-state index contributed by atoms with van der Waals surface area (Å²) >= 11 is 0. The number of nitrogens with zero attached hydrogens (tertiary/aromatic N) is 1. The first-order chi connectivity index (χ1) is 9.92. The lowest BCUT2D eigenvalue weighted by Gasteiger charge is -2.06. The molecule has 6 nitrogen and oxygen atoms in total. The molecule has 0 saturated heterocycles. The third kappa shape index (κ3) is 3.07. The van der Waals surface area contributed by atoms with Crippen LogP contribution >= 0.6 is 0 Å². The van der Waals surface area contributed by atoms with Gasteiger partial charge >= 0.3 is 5.97 Å². The van der Waals surface area contributed by atoms with Crippen LogP contribution in [0.25, 0.3) is 0 Å². The van der Waals surface area contributed by atoms with Crippen molar-refractivity contribution < 1.29 is 23.1 Å². The second kappa shape index (κ2) is 5.74. The van der Waals surface area contributed by atoms with E-state index in [4.69, 9.17) is 4.42 Å². The normalized spacial score (nSPS) is 10.3. The molecule has 1 aromatic carbocycles. The van der Waals surface area contributed by atoms with Crippen molar-refractivity contribution in [2.24, 2.45) is 0 Å². The molecule has 2 rings (SSSR count). The van der Waals surface area contributed by atoms with Gasteiger partial charge < -0.3 is 14.5 Å². The first-order valence-corrected chi connectivity index (χ1v) is 6.05. The molecule has 1 amide bonds. The van der Waals surface area contributed by atoms with Crippen LogP contribution in [0.4, 0.5) is 10.1 Å². The number of rotatable bonds is 3. The number of carbonyl (C=O) groups excluding carboxylic acids is 2. The summed E-state index contributed by atoms with van der Waals surface area (Å²) < 4.78 is 23.3. The summed E-state index contributed by atoms with van der Waals surface area (Å²) in [4.78, 5) is 27.2. The Bertz CT molecular complexity index is 709. The molecule has 1 aromatic heterocycles. The maximum absolute atomic E-state index is 13.7. The molecule has 0 bridgehead atoms. The molecule has 0 atom stereocenters. The van der Waals surface area contributed by atoms with Crippen LogP contribution in [0.1, 0.15) is 32.5 Å². The molecular formula is C14H13FN2O4. The molecule has 0 aliphatic carbocycles. The number of aromatic nitrogens is 1. The number of anilines is 1. The average Bonchev–Trinajstić information content (AvgIpc) is 2.77. The van der Waals surface area contributed by atoms with Gasteiger partial charge in [-0.25, -0.2) is 14.2 Å². The summed E-state index contributed by atoms with van der Waals surface area (Å²) in [5, 5.41) is 2.47. The first kappa shape index (κ1) is 14.7. The van der Waals surface area contributed by atoms with Crippen molar-refractivity contribution in [2.45, 2.75) is 13.8 Å². The van der Waals surface area contributed by atoms with Gasteiger partial charge in [0, 0.05) is 12.6 Å². The Kier molecular flexibility index (Phi) is 4.02. The standard InChI is InChI=1S/C14H13FN2O4/c1-7-12(21-8(2)16-7)13(18)17-9-4-5-10(11(15)6-9)14(19)20-3/h4-6H,1-3H3,(H,17,18). The second-order valence-electron chi connectivity index (χ2n) is 4.29. The Labute approximate surface area is 119 Å². The number of carbonyl (C=O) groups is 2. The molecule has 0 fully saturated rings. The molecule has 1 N–H and O–H groups in total. The number of hydrogen-bond acceptors (Lipinski definition) is 5. The lowest BCUT2D eigenvalue weighted by Crippen LogP contribution is -2.13. The van der Waals surface area contributed by atoms with Crippen molar-refractivity contribution in [2.75, 3.05) is 12.4 Å². The van der Waals surface area contributed by atoms with Gasteiger partial charge in [0.15, 0.2) is 5.89 Å². The molecule has 0 spiro atoms. The van der Waals surface area contributed by atoms with Crippen LogP contribution in [0.5, 0.6) is 0 Å². The Morgan fingerprint density at radius 2 is 2.05 bits per heavy atom. The summed E-state index contributed by atoms with van der Waals surface area (Å²) in [6.07, 6.45) is 0. The number of ether oxygens (including phenoxy) is 1. The van der Waals surface area contributed by atoms with E-state index in [0.717, 1.165) is 13.2 Å². The summed E-state index contributed by atoms with van der Waals surface area (Å²) in [6.45, 7) is 3.25. The fraction of sp³-hybridized carbons (Fsp3) is 0.214. The molecule has 0 aliphatic rings. The first-order valence-electron chi connectivity index (χ1n) is 6.05. The monoisotopic (exact) mass is 292 g/mol. The Hall–Kier alpha value is -2.70. The van der Waals surface area contributed by atoms with E-state index >= 15 is 0 Å². The number of halogens is 1. The van der Waals surface area contributed by atoms with E-state index in [1.165, 1.54) is 12.1 Å². The zero-order valence-corrected chi connectivity index (χ0v) is 11.7. The van der Waals surface area contributed by atoms with Crippen LogP contribution in [0, 0.1) is 19.7 Å². The molecular weight excluding hydrogens is 279 g/mol. The van der Waals surface area contributed by atoms with Crippen molar-refractivity contribution in [3.8, 4) is 0 Å². The summed E-state index contributed by atoms with van der Waals surface area (Å²) in [5.41, 5.74) is 0.428. The second-order valence-corrected chi connectivity index (χ2v) is 4.29. The fourth-order valence-electron chi connectivity index (χ4n) is 1.80. The SMILES string of the molecule is COC(=O)c1ccc(NC(=O)c2oc(C)nc2C)cc1F. The van der Waals surface area contributed by atoms with Crippen LogP contribution in [0.3, 0.4) is 0 Å². The maximum atomic E-state index is 13.7. The van der Waals surface area contributed by atoms with Gasteiger partial charge in [-0.3, -0.25) is 4.79 Å². The smallest absolute Gasteiger partial charge is 0.340 e. The maximum Gasteiger partial charge on any atom is 0.340 e. The van der Waals surface area contributed by atoms with Crippen LogP contribution in [0.15, 0.2) is 22.6 Å². The molecule has 0 aliphatic heterocycles. The Morgan fingerprint density at radius 1 is 1.33 bits per heavy atom. The van der Waals surface area contributed by atoms with E-state index in [1.54, 1.807) is 13.8 Å². The van der Waals surface area contributed by atoms with Crippen molar-refractivity contribution in [3.63, 3.8) is 0 Å². The Morgan fingerprint density at radius 3 is 2.57 bits per heavy atom. The predicted octanol–water partition coefficient (Wildman–Crippen LogP) is 2.47. The zero-order chi connectivity index (χ0) is 15.6. The lowest BCUT2D eigenvalue weighted by molar-refractivity contribution is 0.0595. The van der Waals surface area contributed by atoms with Crippen LogP contribution in [0.2, 0.25) is 0 Å². The van der Waals surface area contributed by atoms with E-state index in [2.05, 4.69) is 15.0 Å². The average molecular weight is 292 g/mol. The molecule has 2 aromatic rings. The van der Waals surface area contributed by atoms with E-state index in [9.17, 15) is 14.0 Å². The summed E-state index contributed by atoms with van der Waals surface area (Å²) in [5.74, 6) is -1.69. The highest BCUT2D eigenvalue weighted by Crippen LogP contribution is 2.17. The minimum Gasteiger partial charge on any atom is -0.465 e. The number of amides is 1. The number of nitrogens with one attached hydrogen (secondary N) is 1. The van der Waals surface area contributed by atoms with Gasteiger partial charge in [-0.1, -0.05) is 0 Å². The van der Waals surface area contributed by atoms with E-state index < -0.39 is 17.7 Å². The number of methoxy groups -OCH3 is 1. The third-order valence-electron chi connectivity index (χ3n) is 2.74. The van der Waals surface area contributed by atoms with Crippen molar-refractivity contribution >= 4 is 17.6 Å².